The molecule has 6 nitrogen and oxygen atoms in total. The van der Waals surface area contributed by atoms with Crippen LogP contribution >= 0.6 is 0 Å². The number of aromatic nitrogens is 1. The van der Waals surface area contributed by atoms with Gasteiger partial charge in [-0.3, -0.25) is 5.32 Å². The van der Waals surface area contributed by atoms with Crippen LogP contribution in [0.1, 0.15) is 45.6 Å². The van der Waals surface area contributed by atoms with Crippen LogP contribution in [0.15, 0.2) is 42.5 Å². The van der Waals surface area contributed by atoms with Crippen molar-refractivity contribution in [3.05, 3.63) is 48.0 Å². The Bertz CT molecular complexity index is 1150. The van der Waals surface area contributed by atoms with Crippen LogP contribution in [0, 0.1) is 17.2 Å². The second kappa shape index (κ2) is 9.35. The molecule has 1 saturated carbocycles. The van der Waals surface area contributed by atoms with Crippen molar-refractivity contribution in [2.24, 2.45) is 5.92 Å². The van der Waals surface area contributed by atoms with Crippen LogP contribution in [-0.2, 0) is 11.3 Å². The van der Waals surface area contributed by atoms with Crippen LogP contribution in [0.3, 0.4) is 0 Å². The van der Waals surface area contributed by atoms with Gasteiger partial charge in [-0.25, -0.2) is 4.79 Å². The van der Waals surface area contributed by atoms with Crippen molar-refractivity contribution in [1.82, 2.24) is 4.57 Å². The van der Waals surface area contributed by atoms with E-state index in [2.05, 4.69) is 16.0 Å². The van der Waals surface area contributed by atoms with Crippen molar-refractivity contribution in [1.29, 1.82) is 5.26 Å². The summed E-state index contributed by atoms with van der Waals surface area (Å²) in [6.07, 6.45) is 3.03. The van der Waals surface area contributed by atoms with Crippen LogP contribution in [0.5, 0.6) is 5.75 Å². The van der Waals surface area contributed by atoms with Gasteiger partial charge in [0.25, 0.3) is 0 Å². The van der Waals surface area contributed by atoms with Crippen LogP contribution in [-0.4, -0.2) is 23.4 Å². The Labute approximate surface area is 188 Å². The molecular formula is C26H29N3O3. The maximum Gasteiger partial charge on any atom is 0.411 e. The SMILES string of the molecule is CCOc1ccc2c(C#N)c(-c3ccc(NC(=O)OC(C)C)cc3)n(CC3CCC3)c2c1. The number of nitriles is 1. The molecule has 0 unspecified atom stereocenters. The summed E-state index contributed by atoms with van der Waals surface area (Å²) < 4.78 is 13.2. The van der Waals surface area contributed by atoms with E-state index in [1.54, 1.807) is 0 Å². The third-order valence-corrected chi connectivity index (χ3v) is 5.87. The van der Waals surface area contributed by atoms with Crippen LogP contribution in [0.4, 0.5) is 10.5 Å². The minimum Gasteiger partial charge on any atom is -0.494 e. The Hall–Kier alpha value is -3.46. The summed E-state index contributed by atoms with van der Waals surface area (Å²) in [5.41, 5.74) is 4.20. The fraction of sp³-hybridized carbons (Fsp3) is 0.385. The summed E-state index contributed by atoms with van der Waals surface area (Å²) in [7, 11) is 0. The van der Waals surface area contributed by atoms with Gasteiger partial charge in [0.15, 0.2) is 0 Å². The molecule has 166 valence electrons. The Morgan fingerprint density at radius 1 is 1.22 bits per heavy atom. The van der Waals surface area contributed by atoms with Gasteiger partial charge in [0.05, 0.1) is 29.5 Å². The lowest BCUT2D eigenvalue weighted by Gasteiger charge is -2.27. The lowest BCUT2D eigenvalue weighted by Crippen LogP contribution is -2.18. The molecule has 0 radical (unpaired) electrons. The third-order valence-electron chi connectivity index (χ3n) is 5.87. The first-order valence-corrected chi connectivity index (χ1v) is 11.3. The zero-order valence-corrected chi connectivity index (χ0v) is 18.9. The van der Waals surface area contributed by atoms with E-state index in [-0.39, 0.29) is 6.10 Å². The van der Waals surface area contributed by atoms with Gasteiger partial charge in [0, 0.05) is 23.7 Å². The minimum atomic E-state index is -0.479. The van der Waals surface area contributed by atoms with E-state index in [0.717, 1.165) is 34.5 Å². The number of nitrogens with zero attached hydrogens (tertiary/aromatic N) is 2. The Balaban J connectivity index is 1.75. The molecule has 4 rings (SSSR count). The van der Waals surface area contributed by atoms with Gasteiger partial charge in [0.2, 0.25) is 0 Å². The molecule has 6 heteroatoms. The van der Waals surface area contributed by atoms with Gasteiger partial charge in [-0.05, 0) is 69.4 Å². The van der Waals surface area contributed by atoms with Crippen LogP contribution < -0.4 is 10.1 Å². The highest BCUT2D eigenvalue weighted by atomic mass is 16.6. The maximum atomic E-state index is 11.9. The predicted octanol–water partition coefficient (Wildman–Crippen LogP) is 6.34. The molecular weight excluding hydrogens is 402 g/mol. The number of fused-ring (bicyclic) bond motifs is 1. The minimum absolute atomic E-state index is 0.184. The zero-order valence-electron chi connectivity index (χ0n) is 18.9. The molecule has 1 fully saturated rings. The van der Waals surface area contributed by atoms with E-state index in [0.29, 0.717) is 23.8 Å². The fourth-order valence-corrected chi connectivity index (χ4v) is 4.19. The van der Waals surface area contributed by atoms with E-state index < -0.39 is 6.09 Å². The van der Waals surface area contributed by atoms with Crippen molar-refractivity contribution >= 4 is 22.7 Å². The van der Waals surface area contributed by atoms with Crippen molar-refractivity contribution in [3.63, 3.8) is 0 Å². The highest BCUT2D eigenvalue weighted by Crippen LogP contribution is 2.38. The summed E-state index contributed by atoms with van der Waals surface area (Å²) in [5.74, 6) is 1.44. The van der Waals surface area contributed by atoms with E-state index in [4.69, 9.17) is 9.47 Å². The molecule has 0 bridgehead atoms. The van der Waals surface area contributed by atoms with Crippen LogP contribution in [0.2, 0.25) is 0 Å². The Kier molecular flexibility index (Phi) is 6.36. The Morgan fingerprint density at radius 3 is 2.56 bits per heavy atom. The highest BCUT2D eigenvalue weighted by Gasteiger charge is 2.24. The average Bonchev–Trinajstić information content (AvgIpc) is 3.03. The number of hydrogen-bond donors (Lipinski definition) is 1. The summed E-state index contributed by atoms with van der Waals surface area (Å²) in [5, 5.41) is 13.7. The number of amides is 1. The summed E-state index contributed by atoms with van der Waals surface area (Å²) >= 11 is 0. The number of carbonyl (C=O) groups excluding carboxylic acids is 1. The average molecular weight is 432 g/mol. The molecule has 0 saturated heterocycles. The molecule has 3 aromatic rings. The largest absolute Gasteiger partial charge is 0.494 e. The molecule has 0 atom stereocenters. The molecule has 1 heterocycles. The second-order valence-corrected chi connectivity index (χ2v) is 8.51. The molecule has 1 aliphatic carbocycles. The quantitative estimate of drug-likeness (QED) is 0.474. The zero-order chi connectivity index (χ0) is 22.7. The summed E-state index contributed by atoms with van der Waals surface area (Å²) in [4.78, 5) is 11.9. The fourth-order valence-electron chi connectivity index (χ4n) is 4.19. The highest BCUT2D eigenvalue weighted by molar-refractivity contribution is 5.95. The lowest BCUT2D eigenvalue weighted by atomic mass is 9.85. The molecule has 1 amide bonds. The molecule has 1 aromatic heterocycles. The van der Waals surface area contributed by atoms with E-state index >= 15 is 0 Å². The number of rotatable bonds is 7. The van der Waals surface area contributed by atoms with Crippen molar-refractivity contribution in [3.8, 4) is 23.1 Å². The van der Waals surface area contributed by atoms with Gasteiger partial charge >= 0.3 is 6.09 Å². The number of carbonyl (C=O) groups is 1. The number of nitrogens with one attached hydrogen (secondary N) is 1. The third kappa shape index (κ3) is 4.43. The smallest absolute Gasteiger partial charge is 0.411 e. The van der Waals surface area contributed by atoms with Crippen LogP contribution in [0.25, 0.3) is 22.2 Å². The molecule has 2 aromatic carbocycles. The summed E-state index contributed by atoms with van der Waals surface area (Å²) in [6, 6.07) is 16.0. The molecule has 32 heavy (non-hydrogen) atoms. The molecule has 0 spiro atoms. The number of anilines is 1. The predicted molar refractivity (Wildman–Crippen MR) is 126 cm³/mol. The topological polar surface area (TPSA) is 76.3 Å². The molecule has 0 aliphatic heterocycles. The van der Waals surface area contributed by atoms with Crippen molar-refractivity contribution < 1.29 is 14.3 Å². The lowest BCUT2D eigenvalue weighted by molar-refractivity contribution is 0.130. The van der Waals surface area contributed by atoms with Crippen molar-refractivity contribution in [2.75, 3.05) is 11.9 Å². The first kappa shape index (κ1) is 21.8. The maximum absolute atomic E-state index is 11.9. The standard InChI is InChI=1S/C26H29N3O3/c1-4-31-21-12-13-22-23(15-27)25(29(24(22)14-21)16-18-6-5-7-18)19-8-10-20(11-9-19)28-26(30)32-17(2)3/h8-14,17-18H,4-7,16H2,1-3H3,(H,28,30). The normalized spacial score (nSPS) is 13.6. The summed E-state index contributed by atoms with van der Waals surface area (Å²) in [6.45, 7) is 7.06. The molecule has 1 N–H and O–H groups in total. The van der Waals surface area contributed by atoms with E-state index in [1.807, 2.05) is 63.2 Å². The van der Waals surface area contributed by atoms with Gasteiger partial charge in [-0.15, -0.1) is 0 Å². The van der Waals surface area contributed by atoms with Gasteiger partial charge in [0.1, 0.15) is 11.8 Å². The number of ether oxygens (including phenoxy) is 2. The van der Waals surface area contributed by atoms with Gasteiger partial charge < -0.3 is 14.0 Å². The Morgan fingerprint density at radius 2 is 1.97 bits per heavy atom. The number of benzene rings is 2. The monoisotopic (exact) mass is 431 g/mol. The first-order chi connectivity index (χ1) is 15.5. The van der Waals surface area contributed by atoms with Gasteiger partial charge in [-0.2, -0.15) is 5.26 Å². The van der Waals surface area contributed by atoms with E-state index in [1.165, 1.54) is 19.3 Å². The van der Waals surface area contributed by atoms with Gasteiger partial charge in [-0.1, -0.05) is 18.6 Å². The molecule has 1 aliphatic rings. The second-order valence-electron chi connectivity index (χ2n) is 8.51. The van der Waals surface area contributed by atoms with Crippen molar-refractivity contribution in [2.45, 2.75) is 52.7 Å². The first-order valence-electron chi connectivity index (χ1n) is 11.3. The van der Waals surface area contributed by atoms with E-state index in [9.17, 15) is 10.1 Å². The number of hydrogen-bond acceptors (Lipinski definition) is 4.